The molecule has 0 aliphatic heterocycles. The average molecular weight is 359 g/mol. The Morgan fingerprint density at radius 3 is 2.36 bits per heavy atom. The van der Waals surface area contributed by atoms with E-state index in [2.05, 4.69) is 5.32 Å². The minimum atomic E-state index is -0.0901. The zero-order chi connectivity index (χ0) is 18.4. The van der Waals surface area contributed by atoms with Gasteiger partial charge in [-0.05, 0) is 37.1 Å². The maximum atomic E-state index is 12.0. The molecule has 2 amide bonds. The van der Waals surface area contributed by atoms with Gasteiger partial charge in [-0.2, -0.15) is 0 Å². The molecule has 0 radical (unpaired) electrons. The number of rotatable bonds is 6. The fraction of sp³-hybridized carbons (Fsp3) is 0.300. The Morgan fingerprint density at radius 2 is 1.76 bits per heavy atom. The van der Waals surface area contributed by atoms with Crippen LogP contribution < -0.4 is 10.2 Å². The minimum absolute atomic E-state index is 0.0608. The smallest absolute Gasteiger partial charge is 0.224 e. The van der Waals surface area contributed by atoms with E-state index in [-0.39, 0.29) is 11.8 Å². The Balaban J connectivity index is 1.90. The average Bonchev–Trinajstić information content (AvgIpc) is 2.56. The second-order valence-corrected chi connectivity index (χ2v) is 6.52. The molecule has 2 aromatic carbocycles. The van der Waals surface area contributed by atoms with Crippen molar-refractivity contribution in [2.75, 3.05) is 18.0 Å². The van der Waals surface area contributed by atoms with Gasteiger partial charge in [-0.25, -0.2) is 0 Å². The Labute approximate surface area is 153 Å². The normalized spacial score (nSPS) is 10.4. The molecular formula is C20H23ClN2O2. The van der Waals surface area contributed by atoms with Crippen LogP contribution in [0.5, 0.6) is 0 Å². The fourth-order valence-electron chi connectivity index (χ4n) is 2.48. The highest BCUT2D eigenvalue weighted by atomic mass is 35.5. The van der Waals surface area contributed by atoms with E-state index in [0.29, 0.717) is 24.5 Å². The molecule has 5 heteroatoms. The van der Waals surface area contributed by atoms with Crippen LogP contribution in [0.1, 0.15) is 23.6 Å². The van der Waals surface area contributed by atoms with E-state index in [1.807, 2.05) is 50.2 Å². The molecule has 0 fully saturated rings. The van der Waals surface area contributed by atoms with Crippen LogP contribution in [-0.2, 0) is 16.0 Å². The third kappa shape index (κ3) is 5.61. The Bertz CT molecular complexity index is 757. The lowest BCUT2D eigenvalue weighted by Crippen LogP contribution is -2.38. The van der Waals surface area contributed by atoms with Gasteiger partial charge in [-0.15, -0.1) is 0 Å². The third-order valence-corrected chi connectivity index (χ3v) is 4.40. The molecule has 0 bridgehead atoms. The first-order chi connectivity index (χ1) is 11.9. The Kier molecular flexibility index (Phi) is 6.59. The molecule has 4 nitrogen and oxygen atoms in total. The van der Waals surface area contributed by atoms with Crippen molar-refractivity contribution in [1.29, 1.82) is 0 Å². The summed E-state index contributed by atoms with van der Waals surface area (Å²) in [4.78, 5) is 25.6. The minimum Gasteiger partial charge on any atom is -0.354 e. The van der Waals surface area contributed by atoms with Crippen LogP contribution in [0.4, 0.5) is 5.69 Å². The van der Waals surface area contributed by atoms with Crippen LogP contribution in [0.25, 0.3) is 0 Å². The van der Waals surface area contributed by atoms with Crippen LogP contribution in [-0.4, -0.2) is 24.9 Å². The van der Waals surface area contributed by atoms with Gasteiger partial charge in [0.25, 0.3) is 0 Å². The lowest BCUT2D eigenvalue weighted by atomic mass is 10.1. The van der Waals surface area contributed by atoms with Gasteiger partial charge in [-0.1, -0.05) is 47.5 Å². The van der Waals surface area contributed by atoms with Crippen LogP contribution in [0.15, 0.2) is 42.5 Å². The second kappa shape index (κ2) is 8.67. The Hall–Kier alpha value is -2.33. The summed E-state index contributed by atoms with van der Waals surface area (Å²) in [7, 11) is 0. The van der Waals surface area contributed by atoms with E-state index in [9.17, 15) is 9.59 Å². The molecular weight excluding hydrogens is 336 g/mol. The van der Waals surface area contributed by atoms with Gasteiger partial charge in [0.05, 0.1) is 6.42 Å². The highest BCUT2D eigenvalue weighted by molar-refractivity contribution is 6.31. The number of hydrogen-bond acceptors (Lipinski definition) is 2. The zero-order valence-electron chi connectivity index (χ0n) is 14.8. The first-order valence-corrected chi connectivity index (χ1v) is 8.61. The number of carbonyl (C=O) groups excluding carboxylic acids is 2. The number of benzene rings is 2. The summed E-state index contributed by atoms with van der Waals surface area (Å²) >= 11 is 6.14. The largest absolute Gasteiger partial charge is 0.354 e. The number of nitrogens with zero attached hydrogens (tertiary/aromatic N) is 1. The van der Waals surface area contributed by atoms with Crippen LogP contribution in [0, 0.1) is 13.8 Å². The number of halogens is 1. The van der Waals surface area contributed by atoms with Crippen molar-refractivity contribution in [3.05, 3.63) is 64.2 Å². The highest BCUT2D eigenvalue weighted by Gasteiger charge is 2.13. The van der Waals surface area contributed by atoms with E-state index in [1.165, 1.54) is 6.92 Å². The Morgan fingerprint density at radius 1 is 1.08 bits per heavy atom. The van der Waals surface area contributed by atoms with E-state index in [0.717, 1.165) is 22.4 Å². The van der Waals surface area contributed by atoms with Gasteiger partial charge in [-0.3, -0.25) is 9.59 Å². The first kappa shape index (κ1) is 19.0. The van der Waals surface area contributed by atoms with Gasteiger partial charge in [0.1, 0.15) is 0 Å². The van der Waals surface area contributed by atoms with Gasteiger partial charge in [0.2, 0.25) is 11.8 Å². The molecule has 0 saturated carbocycles. The SMILES string of the molecule is CC(=O)N(CCNC(=O)Cc1ccc(C)cc1)c1ccc(C)c(Cl)c1. The molecule has 0 aliphatic rings. The summed E-state index contributed by atoms with van der Waals surface area (Å²) in [5.74, 6) is -0.151. The lowest BCUT2D eigenvalue weighted by Gasteiger charge is -2.22. The molecule has 0 spiro atoms. The fourth-order valence-corrected chi connectivity index (χ4v) is 2.65. The predicted octanol–water partition coefficient (Wildman–Crippen LogP) is 3.67. The molecule has 2 aromatic rings. The third-order valence-electron chi connectivity index (χ3n) is 3.99. The molecule has 0 aromatic heterocycles. The molecule has 0 saturated heterocycles. The summed E-state index contributed by atoms with van der Waals surface area (Å²) in [5, 5.41) is 3.48. The molecule has 0 aliphatic carbocycles. The number of amides is 2. The maximum Gasteiger partial charge on any atom is 0.224 e. The van der Waals surface area contributed by atoms with Gasteiger partial charge in [0.15, 0.2) is 0 Å². The zero-order valence-corrected chi connectivity index (χ0v) is 15.6. The van der Waals surface area contributed by atoms with Crippen molar-refractivity contribution in [2.24, 2.45) is 0 Å². The number of hydrogen-bond donors (Lipinski definition) is 1. The van der Waals surface area contributed by atoms with Crippen molar-refractivity contribution in [2.45, 2.75) is 27.2 Å². The molecule has 0 atom stereocenters. The van der Waals surface area contributed by atoms with E-state index in [4.69, 9.17) is 11.6 Å². The second-order valence-electron chi connectivity index (χ2n) is 6.12. The van der Waals surface area contributed by atoms with Crippen molar-refractivity contribution in [1.82, 2.24) is 5.32 Å². The first-order valence-electron chi connectivity index (χ1n) is 8.23. The maximum absolute atomic E-state index is 12.0. The summed E-state index contributed by atoms with van der Waals surface area (Å²) in [6.07, 6.45) is 0.330. The molecule has 1 N–H and O–H groups in total. The highest BCUT2D eigenvalue weighted by Crippen LogP contribution is 2.23. The lowest BCUT2D eigenvalue weighted by molar-refractivity contribution is -0.121. The van der Waals surface area contributed by atoms with Gasteiger partial charge >= 0.3 is 0 Å². The number of carbonyl (C=O) groups is 2. The number of aryl methyl sites for hydroxylation is 2. The van der Waals surface area contributed by atoms with Crippen molar-refractivity contribution < 1.29 is 9.59 Å². The summed E-state index contributed by atoms with van der Waals surface area (Å²) < 4.78 is 0. The van der Waals surface area contributed by atoms with E-state index in [1.54, 1.807) is 11.0 Å². The standard InChI is InChI=1S/C20H23ClN2O2/c1-14-4-7-17(8-5-14)12-20(25)22-10-11-23(16(3)24)18-9-6-15(2)19(21)13-18/h4-9,13H,10-12H2,1-3H3,(H,22,25). The van der Waals surface area contributed by atoms with Crippen LogP contribution in [0.2, 0.25) is 5.02 Å². The van der Waals surface area contributed by atoms with Gasteiger partial charge in [0, 0.05) is 30.7 Å². The van der Waals surface area contributed by atoms with Crippen LogP contribution in [0.3, 0.4) is 0 Å². The number of nitrogens with one attached hydrogen (secondary N) is 1. The molecule has 132 valence electrons. The topological polar surface area (TPSA) is 49.4 Å². The summed E-state index contributed by atoms with van der Waals surface area (Å²) in [6, 6.07) is 13.4. The molecule has 0 unspecified atom stereocenters. The summed E-state index contributed by atoms with van der Waals surface area (Å²) in [6.45, 7) is 6.21. The molecule has 0 heterocycles. The van der Waals surface area contributed by atoms with Crippen molar-refractivity contribution in [3.63, 3.8) is 0 Å². The predicted molar refractivity (Wildman–Crippen MR) is 102 cm³/mol. The van der Waals surface area contributed by atoms with E-state index >= 15 is 0 Å². The van der Waals surface area contributed by atoms with Crippen molar-refractivity contribution in [3.8, 4) is 0 Å². The monoisotopic (exact) mass is 358 g/mol. The summed E-state index contributed by atoms with van der Waals surface area (Å²) in [5.41, 5.74) is 3.83. The van der Waals surface area contributed by atoms with Crippen LogP contribution >= 0.6 is 11.6 Å². The van der Waals surface area contributed by atoms with Crippen molar-refractivity contribution >= 4 is 29.1 Å². The quantitative estimate of drug-likeness (QED) is 0.856. The van der Waals surface area contributed by atoms with Gasteiger partial charge < -0.3 is 10.2 Å². The number of anilines is 1. The van der Waals surface area contributed by atoms with E-state index < -0.39 is 0 Å². The molecule has 25 heavy (non-hydrogen) atoms. The molecule has 2 rings (SSSR count).